The van der Waals surface area contributed by atoms with E-state index < -0.39 is 0 Å². The maximum atomic E-state index is 12.7. The lowest BCUT2D eigenvalue weighted by molar-refractivity contribution is 0.102. The summed E-state index contributed by atoms with van der Waals surface area (Å²) in [5.74, 6) is 2.37. The fourth-order valence-corrected chi connectivity index (χ4v) is 3.06. The molecule has 0 spiro atoms. The standard InChI is InChI=1S/C25H21N3O4/c1-30-20-10-6-9-19(16-20)27-25(29)18-8-5-7-17(15-18)24-26-14-13-23(28-24)32-22-12-4-3-11-21(22)31-2/h3-16H,1-2H3,(H,27,29). The summed E-state index contributed by atoms with van der Waals surface area (Å²) in [6.45, 7) is 0. The molecule has 0 aliphatic carbocycles. The number of hydrogen-bond donors (Lipinski definition) is 1. The van der Waals surface area contributed by atoms with Crippen LogP contribution in [0.2, 0.25) is 0 Å². The molecule has 160 valence electrons. The SMILES string of the molecule is COc1cccc(NC(=O)c2cccc(-c3nccc(Oc4ccccc4OC)n3)c2)c1. The van der Waals surface area contributed by atoms with E-state index in [-0.39, 0.29) is 5.91 Å². The summed E-state index contributed by atoms with van der Waals surface area (Å²) in [5.41, 5.74) is 1.81. The molecule has 0 atom stereocenters. The van der Waals surface area contributed by atoms with Crippen LogP contribution in [0.25, 0.3) is 11.4 Å². The van der Waals surface area contributed by atoms with Gasteiger partial charge in [-0.2, -0.15) is 4.98 Å². The molecule has 3 aromatic carbocycles. The highest BCUT2D eigenvalue weighted by atomic mass is 16.5. The van der Waals surface area contributed by atoms with Gasteiger partial charge in [-0.25, -0.2) is 4.98 Å². The summed E-state index contributed by atoms with van der Waals surface area (Å²) < 4.78 is 16.4. The first kappa shape index (κ1) is 20.9. The van der Waals surface area contributed by atoms with Crippen molar-refractivity contribution in [2.24, 2.45) is 0 Å². The number of nitrogens with zero attached hydrogens (tertiary/aromatic N) is 2. The average Bonchev–Trinajstić information content (AvgIpc) is 2.85. The number of carbonyl (C=O) groups excluding carboxylic acids is 1. The van der Waals surface area contributed by atoms with Gasteiger partial charge in [0.2, 0.25) is 5.88 Å². The summed E-state index contributed by atoms with van der Waals surface area (Å²) in [5, 5.41) is 2.87. The van der Waals surface area contributed by atoms with Gasteiger partial charge in [0.25, 0.3) is 5.91 Å². The second-order valence-electron chi connectivity index (χ2n) is 6.74. The van der Waals surface area contributed by atoms with Crippen molar-refractivity contribution >= 4 is 11.6 Å². The topological polar surface area (TPSA) is 82.6 Å². The Morgan fingerprint density at radius 2 is 1.66 bits per heavy atom. The lowest BCUT2D eigenvalue weighted by Gasteiger charge is -2.10. The van der Waals surface area contributed by atoms with E-state index in [4.69, 9.17) is 14.2 Å². The van der Waals surface area contributed by atoms with Crippen molar-refractivity contribution in [3.05, 3.63) is 90.6 Å². The van der Waals surface area contributed by atoms with E-state index in [2.05, 4.69) is 15.3 Å². The van der Waals surface area contributed by atoms with E-state index in [1.165, 1.54) is 0 Å². The van der Waals surface area contributed by atoms with Crippen molar-refractivity contribution < 1.29 is 19.0 Å². The van der Waals surface area contributed by atoms with Crippen molar-refractivity contribution in [3.8, 4) is 34.5 Å². The van der Waals surface area contributed by atoms with Gasteiger partial charge in [0.05, 0.1) is 14.2 Å². The smallest absolute Gasteiger partial charge is 0.255 e. The highest BCUT2D eigenvalue weighted by Crippen LogP contribution is 2.30. The number of ether oxygens (including phenoxy) is 3. The van der Waals surface area contributed by atoms with Crippen molar-refractivity contribution in [1.82, 2.24) is 9.97 Å². The first-order valence-corrected chi connectivity index (χ1v) is 9.86. The molecule has 0 unspecified atom stereocenters. The first-order valence-electron chi connectivity index (χ1n) is 9.86. The van der Waals surface area contributed by atoms with Crippen molar-refractivity contribution in [1.29, 1.82) is 0 Å². The number of nitrogens with one attached hydrogen (secondary N) is 1. The number of methoxy groups -OCH3 is 2. The zero-order valence-electron chi connectivity index (χ0n) is 17.6. The molecule has 0 saturated heterocycles. The predicted octanol–water partition coefficient (Wildman–Crippen LogP) is 5.21. The molecule has 0 radical (unpaired) electrons. The molecule has 32 heavy (non-hydrogen) atoms. The van der Waals surface area contributed by atoms with Gasteiger partial charge in [-0.1, -0.05) is 30.3 Å². The molecule has 0 aliphatic rings. The number of rotatable bonds is 7. The van der Waals surface area contributed by atoms with E-state index in [9.17, 15) is 4.79 Å². The minimum absolute atomic E-state index is 0.249. The van der Waals surface area contributed by atoms with Crippen LogP contribution in [-0.2, 0) is 0 Å². The van der Waals surface area contributed by atoms with Crippen LogP contribution in [0.1, 0.15) is 10.4 Å². The fraction of sp³-hybridized carbons (Fsp3) is 0.0800. The van der Waals surface area contributed by atoms with Gasteiger partial charge in [-0.05, 0) is 36.4 Å². The van der Waals surface area contributed by atoms with E-state index >= 15 is 0 Å². The molecule has 0 aliphatic heterocycles. The van der Waals surface area contributed by atoms with E-state index in [0.29, 0.717) is 45.8 Å². The van der Waals surface area contributed by atoms with Gasteiger partial charge in [-0.15, -0.1) is 0 Å². The van der Waals surface area contributed by atoms with Crippen LogP contribution >= 0.6 is 0 Å². The van der Waals surface area contributed by atoms with Gasteiger partial charge in [0.1, 0.15) is 5.75 Å². The number of amides is 1. The van der Waals surface area contributed by atoms with Crippen LogP contribution in [-0.4, -0.2) is 30.1 Å². The number of hydrogen-bond acceptors (Lipinski definition) is 6. The number of aromatic nitrogens is 2. The minimum Gasteiger partial charge on any atom is -0.497 e. The molecule has 0 bridgehead atoms. The zero-order chi connectivity index (χ0) is 22.3. The van der Waals surface area contributed by atoms with Crippen LogP contribution in [0, 0.1) is 0 Å². The van der Waals surface area contributed by atoms with Crippen LogP contribution < -0.4 is 19.5 Å². The third-order valence-corrected chi connectivity index (χ3v) is 4.62. The number of anilines is 1. The quantitative estimate of drug-likeness (QED) is 0.436. The second kappa shape index (κ2) is 9.61. The van der Waals surface area contributed by atoms with Crippen LogP contribution in [0.15, 0.2) is 85.1 Å². The molecule has 1 aromatic heterocycles. The Balaban J connectivity index is 1.55. The Bertz CT molecular complexity index is 1240. The van der Waals surface area contributed by atoms with E-state index in [1.807, 2.05) is 36.4 Å². The van der Waals surface area contributed by atoms with Gasteiger partial charge in [0.15, 0.2) is 17.3 Å². The third kappa shape index (κ3) is 4.84. The van der Waals surface area contributed by atoms with Crippen LogP contribution in [0.5, 0.6) is 23.1 Å². The van der Waals surface area contributed by atoms with Crippen molar-refractivity contribution in [3.63, 3.8) is 0 Å². The Hall–Kier alpha value is -4.39. The van der Waals surface area contributed by atoms with Gasteiger partial charge < -0.3 is 19.5 Å². The summed E-state index contributed by atoms with van der Waals surface area (Å²) >= 11 is 0. The fourth-order valence-electron chi connectivity index (χ4n) is 3.06. The Labute approximate surface area is 185 Å². The first-order chi connectivity index (χ1) is 15.7. The Morgan fingerprint density at radius 3 is 2.47 bits per heavy atom. The third-order valence-electron chi connectivity index (χ3n) is 4.62. The van der Waals surface area contributed by atoms with Gasteiger partial charge >= 0.3 is 0 Å². The molecule has 7 heteroatoms. The molecule has 1 heterocycles. The highest BCUT2D eigenvalue weighted by molar-refractivity contribution is 6.04. The van der Waals surface area contributed by atoms with Crippen molar-refractivity contribution in [2.45, 2.75) is 0 Å². The molecule has 0 saturated carbocycles. The average molecular weight is 427 g/mol. The van der Waals surface area contributed by atoms with Gasteiger partial charge in [-0.3, -0.25) is 4.79 Å². The Kier molecular flexibility index (Phi) is 6.27. The number of para-hydroxylation sites is 2. The normalized spacial score (nSPS) is 10.3. The molecule has 1 N–H and O–H groups in total. The van der Waals surface area contributed by atoms with Crippen molar-refractivity contribution in [2.75, 3.05) is 19.5 Å². The van der Waals surface area contributed by atoms with Crippen LogP contribution in [0.4, 0.5) is 5.69 Å². The molecule has 1 amide bonds. The predicted molar refractivity (Wildman–Crippen MR) is 121 cm³/mol. The maximum absolute atomic E-state index is 12.7. The molecule has 4 aromatic rings. The number of benzene rings is 3. The molecule has 7 nitrogen and oxygen atoms in total. The summed E-state index contributed by atoms with van der Waals surface area (Å²) in [6.07, 6.45) is 1.61. The maximum Gasteiger partial charge on any atom is 0.255 e. The Morgan fingerprint density at radius 1 is 0.844 bits per heavy atom. The summed E-state index contributed by atoms with van der Waals surface area (Å²) in [4.78, 5) is 21.6. The van der Waals surface area contributed by atoms with E-state index in [0.717, 1.165) is 0 Å². The highest BCUT2D eigenvalue weighted by Gasteiger charge is 2.11. The molecule has 0 fully saturated rings. The van der Waals surface area contributed by atoms with Crippen LogP contribution in [0.3, 0.4) is 0 Å². The number of carbonyl (C=O) groups is 1. The summed E-state index contributed by atoms with van der Waals surface area (Å²) in [7, 11) is 3.16. The lowest BCUT2D eigenvalue weighted by atomic mass is 10.1. The van der Waals surface area contributed by atoms with E-state index in [1.54, 1.807) is 62.9 Å². The van der Waals surface area contributed by atoms with Gasteiger partial charge in [0, 0.05) is 35.1 Å². The monoisotopic (exact) mass is 427 g/mol. The minimum atomic E-state index is -0.249. The molecular weight excluding hydrogens is 406 g/mol. The zero-order valence-corrected chi connectivity index (χ0v) is 17.6. The molecule has 4 rings (SSSR count). The lowest BCUT2D eigenvalue weighted by Crippen LogP contribution is -2.12. The molecular formula is C25H21N3O4. The summed E-state index contributed by atoms with van der Waals surface area (Å²) in [6, 6.07) is 23.2. The second-order valence-corrected chi connectivity index (χ2v) is 6.74. The largest absolute Gasteiger partial charge is 0.497 e.